The Morgan fingerprint density at radius 2 is 1.82 bits per heavy atom. The molecule has 28 heavy (non-hydrogen) atoms. The van der Waals surface area contributed by atoms with E-state index < -0.39 is 15.9 Å². The van der Waals surface area contributed by atoms with Gasteiger partial charge in [0.05, 0.1) is 23.2 Å². The van der Waals surface area contributed by atoms with Crippen LogP contribution in [0.5, 0.6) is 0 Å². The van der Waals surface area contributed by atoms with Crippen molar-refractivity contribution in [2.45, 2.75) is 31.8 Å². The molecule has 4 rings (SSSR count). The Hall–Kier alpha value is -2.39. The number of carbonyl (C=O) groups is 1. The Kier molecular flexibility index (Phi) is 4.88. The SMILES string of the molecule is Cc1c[nH]c(=O)n1-c1ccc(C(=O)N[C@@H]2CS(=O)(=O)C[C@H]2N2CCCC2)cc1. The molecule has 0 aliphatic carbocycles. The molecule has 8 nitrogen and oxygen atoms in total. The first-order chi connectivity index (χ1) is 13.3. The van der Waals surface area contributed by atoms with Crippen molar-refractivity contribution in [3.8, 4) is 5.69 Å². The van der Waals surface area contributed by atoms with Crippen molar-refractivity contribution >= 4 is 15.7 Å². The number of nitrogens with one attached hydrogen (secondary N) is 2. The standard InChI is InChI=1S/C19H24N4O4S/c1-13-10-20-19(25)23(13)15-6-4-14(5-7-15)18(24)21-16-11-28(26,27)12-17(16)22-8-2-3-9-22/h4-7,10,16-17H,2-3,8-9,11-12H2,1H3,(H,20,25)(H,21,24)/t16-,17-/m1/s1. The first kappa shape index (κ1) is 18.9. The molecule has 2 N–H and O–H groups in total. The van der Waals surface area contributed by atoms with Crippen molar-refractivity contribution in [2.24, 2.45) is 0 Å². The Balaban J connectivity index is 1.50. The lowest BCUT2D eigenvalue weighted by Crippen LogP contribution is -2.50. The quantitative estimate of drug-likeness (QED) is 0.771. The summed E-state index contributed by atoms with van der Waals surface area (Å²) >= 11 is 0. The summed E-state index contributed by atoms with van der Waals surface area (Å²) in [4.78, 5) is 29.4. The molecular formula is C19H24N4O4S. The number of imidazole rings is 1. The monoisotopic (exact) mass is 404 g/mol. The van der Waals surface area contributed by atoms with Crippen LogP contribution in [0.4, 0.5) is 0 Å². The van der Waals surface area contributed by atoms with Gasteiger partial charge in [-0.1, -0.05) is 0 Å². The maximum absolute atomic E-state index is 12.7. The van der Waals surface area contributed by atoms with Crippen LogP contribution in [0.15, 0.2) is 35.3 Å². The zero-order chi connectivity index (χ0) is 19.9. The number of aromatic amines is 1. The second-order valence-electron chi connectivity index (χ2n) is 7.58. The van der Waals surface area contributed by atoms with Crippen LogP contribution in [0.3, 0.4) is 0 Å². The summed E-state index contributed by atoms with van der Waals surface area (Å²) < 4.78 is 25.8. The van der Waals surface area contributed by atoms with Crippen molar-refractivity contribution in [3.63, 3.8) is 0 Å². The molecule has 9 heteroatoms. The molecule has 150 valence electrons. The van der Waals surface area contributed by atoms with E-state index in [0.29, 0.717) is 11.3 Å². The highest BCUT2D eigenvalue weighted by Crippen LogP contribution is 2.23. The van der Waals surface area contributed by atoms with Gasteiger partial charge >= 0.3 is 5.69 Å². The van der Waals surface area contributed by atoms with E-state index in [1.165, 1.54) is 4.57 Å². The molecule has 1 aromatic heterocycles. The fraction of sp³-hybridized carbons (Fsp3) is 0.474. The summed E-state index contributed by atoms with van der Waals surface area (Å²) in [6.45, 7) is 3.58. The Labute approximate surface area is 163 Å². The number of aryl methyl sites for hydroxylation is 1. The van der Waals surface area contributed by atoms with Gasteiger partial charge in [-0.25, -0.2) is 13.2 Å². The second-order valence-corrected chi connectivity index (χ2v) is 9.74. The first-order valence-electron chi connectivity index (χ1n) is 9.47. The number of likely N-dealkylation sites (tertiary alicyclic amines) is 1. The minimum Gasteiger partial charge on any atom is -0.347 e. The maximum Gasteiger partial charge on any atom is 0.330 e. The van der Waals surface area contributed by atoms with E-state index >= 15 is 0 Å². The molecule has 2 atom stereocenters. The summed E-state index contributed by atoms with van der Waals surface area (Å²) in [5.74, 6) is -0.210. The summed E-state index contributed by atoms with van der Waals surface area (Å²) in [5, 5.41) is 2.92. The Bertz CT molecular complexity index is 1030. The molecule has 2 aliphatic heterocycles. The number of carbonyl (C=O) groups excluding carboxylic acids is 1. The molecule has 0 saturated carbocycles. The van der Waals surface area contributed by atoms with Crippen LogP contribution in [-0.2, 0) is 9.84 Å². The predicted octanol–water partition coefficient (Wildman–Crippen LogP) is 0.465. The normalized spacial score (nSPS) is 24.5. The van der Waals surface area contributed by atoms with Gasteiger partial charge in [-0.2, -0.15) is 0 Å². The van der Waals surface area contributed by atoms with Crippen molar-refractivity contribution in [2.75, 3.05) is 24.6 Å². The third-order valence-electron chi connectivity index (χ3n) is 5.60. The van der Waals surface area contributed by atoms with E-state index in [1.807, 2.05) is 6.92 Å². The van der Waals surface area contributed by atoms with E-state index in [4.69, 9.17) is 0 Å². The highest BCUT2D eigenvalue weighted by molar-refractivity contribution is 7.91. The lowest BCUT2D eigenvalue weighted by molar-refractivity contribution is 0.0918. The Morgan fingerprint density at radius 3 is 2.43 bits per heavy atom. The van der Waals surface area contributed by atoms with Crippen molar-refractivity contribution < 1.29 is 13.2 Å². The van der Waals surface area contributed by atoms with Crippen LogP contribution < -0.4 is 11.0 Å². The van der Waals surface area contributed by atoms with Gasteiger partial charge in [0.15, 0.2) is 9.84 Å². The molecule has 2 saturated heterocycles. The molecule has 0 unspecified atom stereocenters. The van der Waals surface area contributed by atoms with Gasteiger partial charge in [0.25, 0.3) is 5.91 Å². The number of amides is 1. The first-order valence-corrected chi connectivity index (χ1v) is 11.3. The van der Waals surface area contributed by atoms with Crippen LogP contribution in [0.2, 0.25) is 0 Å². The number of sulfone groups is 1. The molecule has 3 heterocycles. The number of hydrogen-bond donors (Lipinski definition) is 2. The van der Waals surface area contributed by atoms with E-state index in [9.17, 15) is 18.0 Å². The number of benzene rings is 1. The second kappa shape index (κ2) is 7.21. The number of rotatable bonds is 4. The maximum atomic E-state index is 12.7. The van der Waals surface area contributed by atoms with Gasteiger partial charge in [-0.05, 0) is 57.1 Å². The topological polar surface area (TPSA) is 104 Å². The molecular weight excluding hydrogens is 380 g/mol. The average molecular weight is 404 g/mol. The van der Waals surface area contributed by atoms with Gasteiger partial charge in [0, 0.05) is 23.5 Å². The van der Waals surface area contributed by atoms with Gasteiger partial charge in [-0.15, -0.1) is 0 Å². The Morgan fingerprint density at radius 1 is 1.14 bits per heavy atom. The summed E-state index contributed by atoms with van der Waals surface area (Å²) in [6, 6.07) is 6.16. The molecule has 0 bridgehead atoms. The van der Waals surface area contributed by atoms with Gasteiger partial charge in [0.1, 0.15) is 0 Å². The van der Waals surface area contributed by atoms with Crippen LogP contribution >= 0.6 is 0 Å². The predicted molar refractivity (Wildman–Crippen MR) is 106 cm³/mol. The van der Waals surface area contributed by atoms with Crippen molar-refractivity contribution in [1.29, 1.82) is 0 Å². The fourth-order valence-corrected chi connectivity index (χ4v) is 6.14. The third-order valence-corrected chi connectivity index (χ3v) is 7.31. The van der Waals surface area contributed by atoms with E-state index in [2.05, 4.69) is 15.2 Å². The molecule has 2 aliphatic rings. The van der Waals surface area contributed by atoms with E-state index in [0.717, 1.165) is 31.6 Å². The van der Waals surface area contributed by atoms with Crippen LogP contribution in [0.25, 0.3) is 5.69 Å². The molecule has 2 fully saturated rings. The largest absolute Gasteiger partial charge is 0.347 e. The number of hydrogen-bond acceptors (Lipinski definition) is 5. The fourth-order valence-electron chi connectivity index (χ4n) is 4.19. The van der Waals surface area contributed by atoms with E-state index in [1.54, 1.807) is 30.5 Å². The van der Waals surface area contributed by atoms with Crippen LogP contribution in [-0.4, -0.2) is 65.5 Å². The number of aromatic nitrogens is 2. The minimum atomic E-state index is -3.15. The molecule has 0 spiro atoms. The van der Waals surface area contributed by atoms with Crippen LogP contribution in [0.1, 0.15) is 28.9 Å². The van der Waals surface area contributed by atoms with Gasteiger partial charge in [0.2, 0.25) is 0 Å². The van der Waals surface area contributed by atoms with Crippen LogP contribution in [0, 0.1) is 6.92 Å². The minimum absolute atomic E-state index is 0.0179. The van der Waals surface area contributed by atoms with Gasteiger partial charge < -0.3 is 10.3 Å². The van der Waals surface area contributed by atoms with Crippen molar-refractivity contribution in [3.05, 3.63) is 52.2 Å². The lowest BCUT2D eigenvalue weighted by Gasteiger charge is -2.28. The average Bonchev–Trinajstić information content (AvgIpc) is 3.35. The highest BCUT2D eigenvalue weighted by Gasteiger charge is 2.42. The molecule has 1 aromatic carbocycles. The smallest absolute Gasteiger partial charge is 0.330 e. The molecule has 2 aromatic rings. The molecule has 1 amide bonds. The van der Waals surface area contributed by atoms with Crippen molar-refractivity contribution in [1.82, 2.24) is 19.8 Å². The zero-order valence-corrected chi connectivity index (χ0v) is 16.5. The summed E-state index contributed by atoms with van der Waals surface area (Å²) in [6.07, 6.45) is 3.76. The summed E-state index contributed by atoms with van der Waals surface area (Å²) in [5.41, 5.74) is 1.64. The zero-order valence-electron chi connectivity index (χ0n) is 15.7. The number of nitrogens with zero attached hydrogens (tertiary/aromatic N) is 2. The van der Waals surface area contributed by atoms with Gasteiger partial charge in [-0.3, -0.25) is 14.3 Å². The van der Waals surface area contributed by atoms with E-state index in [-0.39, 0.29) is 29.1 Å². The number of H-pyrrole nitrogens is 1. The summed E-state index contributed by atoms with van der Waals surface area (Å²) in [7, 11) is -3.15. The molecule has 0 radical (unpaired) electrons. The lowest BCUT2D eigenvalue weighted by atomic mass is 10.1. The highest BCUT2D eigenvalue weighted by atomic mass is 32.2. The third kappa shape index (κ3) is 3.64.